The van der Waals surface area contributed by atoms with Crippen molar-refractivity contribution in [2.75, 3.05) is 18.8 Å². The number of para-hydroxylation sites is 1. The van der Waals surface area contributed by atoms with Gasteiger partial charge in [0.1, 0.15) is 11.5 Å². The average molecular weight is 764 g/mol. The summed E-state index contributed by atoms with van der Waals surface area (Å²) in [4.78, 5) is 25.3. The zero-order valence-electron chi connectivity index (χ0n) is 32.2. The van der Waals surface area contributed by atoms with Crippen LogP contribution in [0.5, 0.6) is 11.5 Å². The summed E-state index contributed by atoms with van der Waals surface area (Å²) in [6.45, 7) is 0.704. The molecule has 0 heterocycles. The highest BCUT2D eigenvalue weighted by atomic mass is 16.8. The molecule has 0 spiro atoms. The molecule has 58 heavy (non-hydrogen) atoms. The second-order valence-corrected chi connectivity index (χ2v) is 13.2. The van der Waals surface area contributed by atoms with Gasteiger partial charge in [0.2, 0.25) is 6.79 Å². The van der Waals surface area contributed by atoms with E-state index >= 15 is 0 Å². The summed E-state index contributed by atoms with van der Waals surface area (Å²) in [6, 6.07) is 63.4. The summed E-state index contributed by atoms with van der Waals surface area (Å²) in [5, 5.41) is 0. The number of methoxy groups -OCH3 is 1. The third-order valence-corrected chi connectivity index (χ3v) is 9.32. The van der Waals surface area contributed by atoms with E-state index < -0.39 is 18.9 Å². The Hall–Kier alpha value is -7.64. The van der Waals surface area contributed by atoms with Gasteiger partial charge in [0.05, 0.1) is 7.11 Å². The van der Waals surface area contributed by atoms with Crippen molar-refractivity contribution in [2.24, 2.45) is 0 Å². The number of hydrogen-bond acceptors (Lipinski definition) is 7. The lowest BCUT2D eigenvalue weighted by Gasteiger charge is -2.25. The SMILES string of the molecule is COc1ccc(C(=Cc2ccc(N(c3ccccc3)c3ccc(C=C(c4ccccc4)c4ccccc4)cc3)cc2)c2ccc(OC(=O)OCOC(C)=O)cc2)cc1. The van der Waals surface area contributed by atoms with Gasteiger partial charge in [-0.15, -0.1) is 0 Å². The molecule has 0 amide bonds. The van der Waals surface area contributed by atoms with Crippen LogP contribution in [0.25, 0.3) is 23.3 Å². The van der Waals surface area contributed by atoms with Crippen molar-refractivity contribution in [3.63, 3.8) is 0 Å². The number of nitrogens with zero attached hydrogens (tertiary/aromatic N) is 1. The standard InChI is InChI=1S/C51H41NO6/c1-37(53)56-36-57-51(54)58-48-32-24-43(25-33-48)50(42-22-30-47(55-2)31-23-42)35-39-20-28-46(29-21-39)52(44-16-10-5-11-17-44)45-26-18-38(19-27-45)34-49(40-12-6-3-7-13-40)41-14-8-4-9-15-41/h3-35H,36H2,1-2H3. The van der Waals surface area contributed by atoms with E-state index in [1.165, 1.54) is 6.92 Å². The predicted molar refractivity (Wildman–Crippen MR) is 231 cm³/mol. The van der Waals surface area contributed by atoms with E-state index in [2.05, 4.69) is 131 Å². The normalized spacial score (nSPS) is 10.9. The van der Waals surface area contributed by atoms with Gasteiger partial charge in [-0.2, -0.15) is 0 Å². The fourth-order valence-corrected chi connectivity index (χ4v) is 6.46. The van der Waals surface area contributed by atoms with Gasteiger partial charge >= 0.3 is 12.1 Å². The molecule has 286 valence electrons. The van der Waals surface area contributed by atoms with Gasteiger partial charge in [0.15, 0.2) is 0 Å². The molecule has 0 atom stereocenters. The Morgan fingerprint density at radius 1 is 0.466 bits per heavy atom. The number of esters is 1. The lowest BCUT2D eigenvalue weighted by atomic mass is 9.95. The van der Waals surface area contributed by atoms with Gasteiger partial charge in [-0.25, -0.2) is 4.79 Å². The quantitative estimate of drug-likeness (QED) is 0.0501. The minimum Gasteiger partial charge on any atom is -0.497 e. The van der Waals surface area contributed by atoms with Crippen LogP contribution in [0.2, 0.25) is 0 Å². The van der Waals surface area contributed by atoms with Crippen molar-refractivity contribution in [1.82, 2.24) is 0 Å². The van der Waals surface area contributed by atoms with Crippen molar-refractivity contribution in [2.45, 2.75) is 6.92 Å². The van der Waals surface area contributed by atoms with Crippen molar-refractivity contribution < 1.29 is 28.5 Å². The maximum absolute atomic E-state index is 12.1. The lowest BCUT2D eigenvalue weighted by molar-refractivity contribution is -0.149. The topological polar surface area (TPSA) is 74.3 Å². The molecule has 7 nitrogen and oxygen atoms in total. The van der Waals surface area contributed by atoms with Gasteiger partial charge in [-0.05, 0) is 117 Å². The Balaban J connectivity index is 1.18. The number of ether oxygens (including phenoxy) is 4. The van der Waals surface area contributed by atoms with E-state index in [0.29, 0.717) is 0 Å². The number of anilines is 3. The summed E-state index contributed by atoms with van der Waals surface area (Å²) in [7, 11) is 1.64. The fourth-order valence-electron chi connectivity index (χ4n) is 6.46. The highest BCUT2D eigenvalue weighted by Gasteiger charge is 2.14. The fraction of sp³-hybridized carbons (Fsp3) is 0.0588. The van der Waals surface area contributed by atoms with Crippen molar-refractivity contribution >= 4 is 52.5 Å². The summed E-state index contributed by atoms with van der Waals surface area (Å²) in [5.41, 5.74) is 11.5. The van der Waals surface area contributed by atoms with E-state index in [0.717, 1.165) is 67.3 Å². The van der Waals surface area contributed by atoms with Gasteiger partial charge in [0, 0.05) is 24.0 Å². The smallest absolute Gasteiger partial charge is 0.497 e. The first-order valence-corrected chi connectivity index (χ1v) is 18.8. The Labute approximate surface area is 338 Å². The maximum Gasteiger partial charge on any atom is 0.516 e. The molecule has 0 radical (unpaired) electrons. The van der Waals surface area contributed by atoms with Crippen LogP contribution in [0.15, 0.2) is 188 Å². The molecule has 0 N–H and O–H groups in total. The number of carbonyl (C=O) groups excluding carboxylic acids is 2. The molecule has 0 fully saturated rings. The average Bonchev–Trinajstić information content (AvgIpc) is 3.27. The van der Waals surface area contributed by atoms with Gasteiger partial charge in [-0.3, -0.25) is 4.79 Å². The molecule has 0 bridgehead atoms. The zero-order valence-corrected chi connectivity index (χ0v) is 32.2. The number of benzene rings is 7. The molecule has 0 aliphatic rings. The molecule has 0 saturated heterocycles. The van der Waals surface area contributed by atoms with E-state index in [4.69, 9.17) is 14.2 Å². The summed E-state index contributed by atoms with van der Waals surface area (Å²) < 4.78 is 20.1. The first kappa shape index (κ1) is 38.6. The second kappa shape index (κ2) is 18.8. The Kier molecular flexibility index (Phi) is 12.5. The van der Waals surface area contributed by atoms with Crippen LogP contribution in [-0.4, -0.2) is 26.0 Å². The number of carbonyl (C=O) groups is 2. The monoisotopic (exact) mass is 763 g/mol. The molecule has 0 unspecified atom stereocenters. The number of hydrogen-bond donors (Lipinski definition) is 0. The minimum absolute atomic E-state index is 0.285. The van der Waals surface area contributed by atoms with Crippen LogP contribution >= 0.6 is 0 Å². The Morgan fingerprint density at radius 2 is 0.862 bits per heavy atom. The highest BCUT2D eigenvalue weighted by molar-refractivity contribution is 5.93. The lowest BCUT2D eigenvalue weighted by Crippen LogP contribution is -2.14. The molecule has 7 heteroatoms. The Bertz CT molecular complexity index is 2440. The van der Waals surface area contributed by atoms with Crippen LogP contribution in [0.1, 0.15) is 40.3 Å². The molecule has 7 rings (SSSR count). The highest BCUT2D eigenvalue weighted by Crippen LogP contribution is 2.36. The maximum atomic E-state index is 12.1. The second-order valence-electron chi connectivity index (χ2n) is 13.2. The third-order valence-electron chi connectivity index (χ3n) is 9.32. The van der Waals surface area contributed by atoms with E-state index in [1.807, 2.05) is 66.7 Å². The van der Waals surface area contributed by atoms with Gasteiger partial charge in [-0.1, -0.05) is 127 Å². The molecule has 0 aliphatic heterocycles. The van der Waals surface area contributed by atoms with E-state index in [-0.39, 0.29) is 5.75 Å². The molecule has 0 saturated carbocycles. The third kappa shape index (κ3) is 9.96. The van der Waals surface area contributed by atoms with Crippen molar-refractivity contribution in [3.8, 4) is 11.5 Å². The van der Waals surface area contributed by atoms with Crippen LogP contribution in [0.4, 0.5) is 21.9 Å². The van der Waals surface area contributed by atoms with E-state index in [1.54, 1.807) is 19.2 Å². The van der Waals surface area contributed by atoms with E-state index in [9.17, 15) is 9.59 Å². The molecule has 7 aromatic carbocycles. The molecular formula is C51H41NO6. The Morgan fingerprint density at radius 3 is 1.29 bits per heavy atom. The van der Waals surface area contributed by atoms with Gasteiger partial charge in [0.25, 0.3) is 0 Å². The summed E-state index contributed by atoms with van der Waals surface area (Å²) >= 11 is 0. The van der Waals surface area contributed by atoms with Crippen LogP contribution in [0.3, 0.4) is 0 Å². The minimum atomic E-state index is -0.974. The molecule has 7 aromatic rings. The summed E-state index contributed by atoms with van der Waals surface area (Å²) in [6.07, 6.45) is 3.39. The number of rotatable bonds is 13. The molecule has 0 aliphatic carbocycles. The summed E-state index contributed by atoms with van der Waals surface area (Å²) in [5.74, 6) is 0.475. The molecular weight excluding hydrogens is 723 g/mol. The molecule has 0 aromatic heterocycles. The van der Waals surface area contributed by atoms with Crippen LogP contribution < -0.4 is 14.4 Å². The first-order chi connectivity index (χ1) is 28.4. The van der Waals surface area contributed by atoms with Crippen LogP contribution in [0, 0.1) is 0 Å². The van der Waals surface area contributed by atoms with Crippen molar-refractivity contribution in [1.29, 1.82) is 0 Å². The van der Waals surface area contributed by atoms with Gasteiger partial charge < -0.3 is 23.8 Å². The van der Waals surface area contributed by atoms with Crippen LogP contribution in [-0.2, 0) is 14.3 Å². The van der Waals surface area contributed by atoms with Crippen molar-refractivity contribution in [3.05, 3.63) is 221 Å². The predicted octanol–water partition coefficient (Wildman–Crippen LogP) is 12.4. The zero-order chi connectivity index (χ0) is 40.1. The first-order valence-electron chi connectivity index (χ1n) is 18.8. The largest absolute Gasteiger partial charge is 0.516 e.